The van der Waals surface area contributed by atoms with E-state index in [1.165, 1.54) is 0 Å². The van der Waals surface area contributed by atoms with Gasteiger partial charge in [-0.1, -0.05) is 41.9 Å². The van der Waals surface area contributed by atoms with Gasteiger partial charge in [0.15, 0.2) is 11.5 Å². The SMILES string of the molecule is Cc1ccc(C(=O)Nc2ccc(Cc3nc4ccccc4o3)cc2)cc1Cl. The molecule has 5 heteroatoms. The number of rotatable bonds is 4. The average molecular weight is 377 g/mol. The zero-order valence-corrected chi connectivity index (χ0v) is 15.5. The molecule has 0 fully saturated rings. The molecule has 0 bridgehead atoms. The number of hydrogen-bond donors (Lipinski definition) is 1. The minimum atomic E-state index is -0.191. The molecule has 134 valence electrons. The fourth-order valence-corrected chi connectivity index (χ4v) is 2.99. The van der Waals surface area contributed by atoms with Crippen LogP contribution in [0.1, 0.15) is 27.4 Å². The van der Waals surface area contributed by atoms with Crippen LogP contribution in [0.4, 0.5) is 5.69 Å². The van der Waals surface area contributed by atoms with Crippen LogP contribution in [0, 0.1) is 6.92 Å². The summed E-state index contributed by atoms with van der Waals surface area (Å²) in [5, 5.41) is 3.46. The molecule has 1 amide bonds. The number of oxazole rings is 1. The van der Waals surface area contributed by atoms with Crippen LogP contribution in [0.2, 0.25) is 5.02 Å². The molecule has 0 aliphatic carbocycles. The second-order valence-corrected chi connectivity index (χ2v) is 6.77. The lowest BCUT2D eigenvalue weighted by Crippen LogP contribution is -2.11. The van der Waals surface area contributed by atoms with E-state index in [4.69, 9.17) is 16.0 Å². The van der Waals surface area contributed by atoms with Crippen molar-refractivity contribution in [1.29, 1.82) is 0 Å². The van der Waals surface area contributed by atoms with E-state index in [1.54, 1.807) is 12.1 Å². The zero-order chi connectivity index (χ0) is 18.8. The van der Waals surface area contributed by atoms with Gasteiger partial charge in [-0.2, -0.15) is 0 Å². The number of nitrogens with one attached hydrogen (secondary N) is 1. The molecule has 0 spiro atoms. The second-order valence-electron chi connectivity index (χ2n) is 6.37. The quantitative estimate of drug-likeness (QED) is 0.502. The highest BCUT2D eigenvalue weighted by Gasteiger charge is 2.09. The average Bonchev–Trinajstić information content (AvgIpc) is 3.08. The van der Waals surface area contributed by atoms with Gasteiger partial charge in [0.1, 0.15) is 5.52 Å². The first-order valence-corrected chi connectivity index (χ1v) is 8.97. The van der Waals surface area contributed by atoms with Gasteiger partial charge in [-0.3, -0.25) is 4.79 Å². The number of aromatic nitrogens is 1. The molecule has 1 aromatic heterocycles. The van der Waals surface area contributed by atoms with Gasteiger partial charge < -0.3 is 9.73 Å². The van der Waals surface area contributed by atoms with Crippen molar-refractivity contribution in [3.05, 3.63) is 94.3 Å². The topological polar surface area (TPSA) is 55.1 Å². The third kappa shape index (κ3) is 3.86. The molecule has 0 unspecified atom stereocenters. The van der Waals surface area contributed by atoms with Crippen molar-refractivity contribution in [1.82, 2.24) is 4.98 Å². The monoisotopic (exact) mass is 376 g/mol. The molecule has 27 heavy (non-hydrogen) atoms. The molecule has 0 radical (unpaired) electrons. The zero-order valence-electron chi connectivity index (χ0n) is 14.7. The predicted molar refractivity (Wildman–Crippen MR) is 107 cm³/mol. The number of carbonyl (C=O) groups excluding carboxylic acids is 1. The Morgan fingerprint density at radius 1 is 1.07 bits per heavy atom. The summed E-state index contributed by atoms with van der Waals surface area (Å²) in [7, 11) is 0. The van der Waals surface area contributed by atoms with Crippen molar-refractivity contribution in [2.24, 2.45) is 0 Å². The van der Waals surface area contributed by atoms with Crippen molar-refractivity contribution >= 4 is 34.3 Å². The fraction of sp³-hybridized carbons (Fsp3) is 0.0909. The molecule has 4 aromatic rings. The van der Waals surface area contributed by atoms with E-state index >= 15 is 0 Å². The van der Waals surface area contributed by atoms with Crippen LogP contribution in [-0.2, 0) is 6.42 Å². The molecule has 0 atom stereocenters. The highest BCUT2D eigenvalue weighted by molar-refractivity contribution is 6.31. The number of carbonyl (C=O) groups is 1. The fourth-order valence-electron chi connectivity index (χ4n) is 2.81. The summed E-state index contributed by atoms with van der Waals surface area (Å²) in [5.41, 5.74) is 4.88. The molecule has 1 N–H and O–H groups in total. The molecule has 0 saturated heterocycles. The van der Waals surface area contributed by atoms with Gasteiger partial charge >= 0.3 is 0 Å². The number of fused-ring (bicyclic) bond motifs is 1. The first-order valence-electron chi connectivity index (χ1n) is 8.59. The summed E-state index contributed by atoms with van der Waals surface area (Å²) >= 11 is 6.09. The van der Waals surface area contributed by atoms with Gasteiger partial charge in [0, 0.05) is 22.7 Å². The minimum absolute atomic E-state index is 0.191. The third-order valence-corrected chi connectivity index (χ3v) is 4.75. The predicted octanol–water partition coefficient (Wildman–Crippen LogP) is 5.63. The first-order chi connectivity index (χ1) is 13.1. The van der Waals surface area contributed by atoms with E-state index in [2.05, 4.69) is 10.3 Å². The number of halogens is 1. The van der Waals surface area contributed by atoms with Crippen molar-refractivity contribution in [2.45, 2.75) is 13.3 Å². The number of benzene rings is 3. The lowest BCUT2D eigenvalue weighted by Gasteiger charge is -2.07. The van der Waals surface area contributed by atoms with Crippen LogP contribution in [0.3, 0.4) is 0 Å². The van der Waals surface area contributed by atoms with Gasteiger partial charge in [-0.15, -0.1) is 0 Å². The van der Waals surface area contributed by atoms with Crippen molar-refractivity contribution < 1.29 is 9.21 Å². The van der Waals surface area contributed by atoms with Crippen LogP contribution in [0.15, 0.2) is 71.1 Å². The second kappa shape index (κ2) is 7.25. The Labute approximate surface area is 161 Å². The Kier molecular flexibility index (Phi) is 4.65. The number of aryl methyl sites for hydroxylation is 1. The van der Waals surface area contributed by atoms with Crippen molar-refractivity contribution in [2.75, 3.05) is 5.32 Å². The maximum absolute atomic E-state index is 12.4. The summed E-state index contributed by atoms with van der Waals surface area (Å²) < 4.78 is 5.75. The minimum Gasteiger partial charge on any atom is -0.440 e. The summed E-state index contributed by atoms with van der Waals surface area (Å²) in [4.78, 5) is 16.8. The van der Waals surface area contributed by atoms with Crippen LogP contribution >= 0.6 is 11.6 Å². The molecule has 4 rings (SSSR count). The van der Waals surface area contributed by atoms with E-state index in [0.29, 0.717) is 22.9 Å². The van der Waals surface area contributed by atoms with Crippen molar-refractivity contribution in [3.63, 3.8) is 0 Å². The number of para-hydroxylation sites is 2. The van der Waals surface area contributed by atoms with Crippen LogP contribution < -0.4 is 5.32 Å². The van der Waals surface area contributed by atoms with Crippen LogP contribution in [-0.4, -0.2) is 10.9 Å². The number of nitrogens with zero attached hydrogens (tertiary/aromatic N) is 1. The van der Waals surface area contributed by atoms with Gasteiger partial charge in [0.25, 0.3) is 5.91 Å². The molecule has 0 aliphatic heterocycles. The highest BCUT2D eigenvalue weighted by Crippen LogP contribution is 2.20. The van der Waals surface area contributed by atoms with E-state index in [-0.39, 0.29) is 5.91 Å². The van der Waals surface area contributed by atoms with Crippen LogP contribution in [0.25, 0.3) is 11.1 Å². The molecule has 3 aromatic carbocycles. The standard InChI is InChI=1S/C22H17ClN2O2/c1-14-6-9-16(13-18(14)23)22(26)24-17-10-7-15(8-11-17)12-21-25-19-4-2-3-5-20(19)27-21/h2-11,13H,12H2,1H3,(H,24,26). The molecule has 0 aliphatic rings. The maximum Gasteiger partial charge on any atom is 0.255 e. The Morgan fingerprint density at radius 2 is 1.85 bits per heavy atom. The number of anilines is 1. The first kappa shape index (κ1) is 17.3. The normalized spacial score (nSPS) is 10.9. The number of hydrogen-bond acceptors (Lipinski definition) is 3. The van der Waals surface area contributed by atoms with E-state index in [9.17, 15) is 4.79 Å². The van der Waals surface area contributed by atoms with Crippen LogP contribution in [0.5, 0.6) is 0 Å². The summed E-state index contributed by atoms with van der Waals surface area (Å²) in [6, 6.07) is 20.6. The lowest BCUT2D eigenvalue weighted by molar-refractivity contribution is 0.102. The van der Waals surface area contributed by atoms with Gasteiger partial charge in [-0.25, -0.2) is 4.98 Å². The van der Waals surface area contributed by atoms with E-state index < -0.39 is 0 Å². The Bertz CT molecular complexity index is 1080. The number of amides is 1. The summed E-state index contributed by atoms with van der Waals surface area (Å²) in [6.45, 7) is 1.90. The van der Waals surface area contributed by atoms with Gasteiger partial charge in [-0.05, 0) is 54.4 Å². The molecule has 0 saturated carbocycles. The Hall–Kier alpha value is -3.11. The maximum atomic E-state index is 12.4. The Balaban J connectivity index is 1.45. The molecule has 1 heterocycles. The molecular formula is C22H17ClN2O2. The van der Waals surface area contributed by atoms with Gasteiger partial charge in [0.05, 0.1) is 0 Å². The Morgan fingerprint density at radius 3 is 2.59 bits per heavy atom. The largest absolute Gasteiger partial charge is 0.440 e. The highest BCUT2D eigenvalue weighted by atomic mass is 35.5. The smallest absolute Gasteiger partial charge is 0.255 e. The molecular weight excluding hydrogens is 360 g/mol. The summed E-state index contributed by atoms with van der Waals surface area (Å²) in [6.07, 6.45) is 0.594. The van der Waals surface area contributed by atoms with Crippen molar-refractivity contribution in [3.8, 4) is 0 Å². The van der Waals surface area contributed by atoms with E-state index in [1.807, 2.05) is 61.5 Å². The lowest BCUT2D eigenvalue weighted by atomic mass is 10.1. The van der Waals surface area contributed by atoms with E-state index in [0.717, 1.165) is 27.9 Å². The third-order valence-electron chi connectivity index (χ3n) is 4.34. The molecule has 4 nitrogen and oxygen atoms in total. The summed E-state index contributed by atoms with van der Waals surface area (Å²) in [5.74, 6) is 0.478. The van der Waals surface area contributed by atoms with Gasteiger partial charge in [0.2, 0.25) is 0 Å².